The van der Waals surface area contributed by atoms with Crippen LogP contribution in [0.1, 0.15) is 6.42 Å². The van der Waals surface area contributed by atoms with Gasteiger partial charge in [0.2, 0.25) is 0 Å². The fraction of sp³-hybridized carbons (Fsp3) is 0.857. The van der Waals surface area contributed by atoms with E-state index in [9.17, 15) is 8.78 Å². The summed E-state index contributed by atoms with van der Waals surface area (Å²) in [5, 5.41) is 2.64. The molecule has 1 unspecified atom stereocenters. The molecule has 0 bridgehead atoms. The van der Waals surface area contributed by atoms with Crippen molar-refractivity contribution in [1.29, 1.82) is 0 Å². The van der Waals surface area contributed by atoms with E-state index in [1.165, 1.54) is 0 Å². The molecular weight excluding hydrogens is 166 g/mol. The Hall–Kier alpha value is -0.710. The van der Waals surface area contributed by atoms with Gasteiger partial charge in [-0.15, -0.1) is 0 Å². The van der Waals surface area contributed by atoms with Gasteiger partial charge in [-0.1, -0.05) is 0 Å². The molecule has 12 heavy (non-hydrogen) atoms. The Morgan fingerprint density at radius 1 is 1.67 bits per heavy atom. The standard InChI is InChI=1S/C7H12F2N2O/c1-10-6-4-12-3-2-5(11-6)7(8)9/h5,7H,2-4H2,1H3,(H,10,11). The second-order valence-electron chi connectivity index (χ2n) is 2.60. The first-order valence-electron chi connectivity index (χ1n) is 3.82. The summed E-state index contributed by atoms with van der Waals surface area (Å²) in [4.78, 5) is 3.79. The third-order valence-electron chi connectivity index (χ3n) is 1.74. The van der Waals surface area contributed by atoms with Gasteiger partial charge in [-0.3, -0.25) is 4.99 Å². The van der Waals surface area contributed by atoms with Crippen LogP contribution in [0.25, 0.3) is 0 Å². The lowest BCUT2D eigenvalue weighted by atomic mass is 10.2. The molecule has 1 N–H and O–H groups in total. The van der Waals surface area contributed by atoms with E-state index in [2.05, 4.69) is 10.3 Å². The molecule has 0 aromatic rings. The Balaban J connectivity index is 2.53. The van der Waals surface area contributed by atoms with Crippen LogP contribution in [0.4, 0.5) is 8.78 Å². The highest BCUT2D eigenvalue weighted by Crippen LogP contribution is 2.08. The monoisotopic (exact) mass is 178 g/mol. The van der Waals surface area contributed by atoms with Gasteiger partial charge in [-0.2, -0.15) is 0 Å². The van der Waals surface area contributed by atoms with Crippen molar-refractivity contribution in [2.75, 3.05) is 20.3 Å². The number of hydrogen-bond acceptors (Lipinski definition) is 2. The zero-order chi connectivity index (χ0) is 8.97. The second kappa shape index (κ2) is 4.35. The van der Waals surface area contributed by atoms with Crippen LogP contribution < -0.4 is 5.32 Å². The largest absolute Gasteiger partial charge is 0.373 e. The van der Waals surface area contributed by atoms with Gasteiger partial charge in [-0.05, 0) is 6.42 Å². The minimum absolute atomic E-state index is 0.305. The maximum Gasteiger partial charge on any atom is 0.258 e. The summed E-state index contributed by atoms with van der Waals surface area (Å²) in [7, 11) is 1.56. The summed E-state index contributed by atoms with van der Waals surface area (Å²) in [5.74, 6) is 0.498. The number of rotatable bonds is 1. The number of hydrogen-bond donors (Lipinski definition) is 1. The first kappa shape index (κ1) is 9.38. The van der Waals surface area contributed by atoms with E-state index >= 15 is 0 Å². The van der Waals surface area contributed by atoms with Crippen LogP contribution >= 0.6 is 0 Å². The van der Waals surface area contributed by atoms with Crippen molar-refractivity contribution in [3.05, 3.63) is 0 Å². The molecule has 0 aromatic carbocycles. The van der Waals surface area contributed by atoms with E-state index in [-0.39, 0.29) is 0 Å². The van der Waals surface area contributed by atoms with Crippen LogP contribution in [0, 0.1) is 0 Å². The highest BCUT2D eigenvalue weighted by atomic mass is 19.3. The normalized spacial score (nSPS) is 28.7. The molecule has 0 aromatic heterocycles. The lowest BCUT2D eigenvalue weighted by molar-refractivity contribution is 0.0904. The van der Waals surface area contributed by atoms with Crippen LogP contribution in [0.5, 0.6) is 0 Å². The molecule has 1 saturated heterocycles. The molecular formula is C7H12F2N2O. The van der Waals surface area contributed by atoms with Crippen LogP contribution in [0.2, 0.25) is 0 Å². The van der Waals surface area contributed by atoms with Gasteiger partial charge in [0, 0.05) is 13.7 Å². The van der Waals surface area contributed by atoms with Gasteiger partial charge in [0.05, 0.1) is 6.04 Å². The first-order chi connectivity index (χ1) is 5.74. The van der Waals surface area contributed by atoms with Gasteiger partial charge >= 0.3 is 0 Å². The molecule has 0 spiro atoms. The molecule has 1 aliphatic rings. The topological polar surface area (TPSA) is 33.6 Å². The fourth-order valence-electron chi connectivity index (χ4n) is 1.03. The smallest absolute Gasteiger partial charge is 0.258 e. The molecule has 3 nitrogen and oxygen atoms in total. The number of amidine groups is 1. The number of nitrogens with one attached hydrogen (secondary N) is 1. The zero-order valence-electron chi connectivity index (χ0n) is 6.89. The summed E-state index contributed by atoms with van der Waals surface area (Å²) < 4.78 is 29.5. The average molecular weight is 178 g/mol. The van der Waals surface area contributed by atoms with E-state index in [4.69, 9.17) is 4.74 Å². The van der Waals surface area contributed by atoms with E-state index in [0.29, 0.717) is 25.5 Å². The molecule has 1 heterocycles. The minimum Gasteiger partial charge on any atom is -0.373 e. The molecule has 0 saturated carbocycles. The number of aliphatic imine (C=N–C) groups is 1. The lowest BCUT2D eigenvalue weighted by Gasteiger charge is -2.14. The van der Waals surface area contributed by atoms with Gasteiger partial charge < -0.3 is 10.1 Å². The Bertz CT molecular complexity index is 173. The quantitative estimate of drug-likeness (QED) is 0.640. The van der Waals surface area contributed by atoms with Crippen LogP contribution in [-0.4, -0.2) is 38.6 Å². The van der Waals surface area contributed by atoms with Crippen LogP contribution in [0.3, 0.4) is 0 Å². The molecule has 5 heteroatoms. The maximum atomic E-state index is 12.2. The Morgan fingerprint density at radius 3 is 3.00 bits per heavy atom. The summed E-state index contributed by atoms with van der Waals surface area (Å²) in [6, 6.07) is -0.814. The number of alkyl halides is 2. The third-order valence-corrected chi connectivity index (χ3v) is 1.74. The molecule has 0 amide bonds. The molecule has 0 aliphatic carbocycles. The van der Waals surface area contributed by atoms with E-state index in [1.54, 1.807) is 7.05 Å². The molecule has 1 fully saturated rings. The van der Waals surface area contributed by atoms with E-state index in [1.807, 2.05) is 0 Å². The predicted octanol–water partition coefficient (Wildman–Crippen LogP) is 0.658. The number of nitrogens with zero attached hydrogens (tertiary/aromatic N) is 1. The second-order valence-corrected chi connectivity index (χ2v) is 2.60. The predicted molar refractivity (Wildman–Crippen MR) is 41.7 cm³/mol. The molecule has 0 radical (unpaired) electrons. The Morgan fingerprint density at radius 2 is 2.42 bits per heavy atom. The highest BCUT2D eigenvalue weighted by Gasteiger charge is 2.23. The van der Waals surface area contributed by atoms with Crippen molar-refractivity contribution in [3.63, 3.8) is 0 Å². The molecule has 70 valence electrons. The van der Waals surface area contributed by atoms with Crippen LogP contribution in [0.15, 0.2) is 4.99 Å². The lowest BCUT2D eigenvalue weighted by Crippen LogP contribution is -2.39. The summed E-state index contributed by atoms with van der Waals surface area (Å²) >= 11 is 0. The van der Waals surface area contributed by atoms with Crippen molar-refractivity contribution >= 4 is 5.84 Å². The van der Waals surface area contributed by atoms with Crippen LogP contribution in [-0.2, 0) is 4.74 Å². The minimum atomic E-state index is -2.36. The zero-order valence-corrected chi connectivity index (χ0v) is 6.89. The summed E-state index contributed by atoms with van der Waals surface area (Å²) in [6.45, 7) is 0.667. The molecule has 1 aliphatic heterocycles. The highest BCUT2D eigenvalue weighted by molar-refractivity contribution is 5.83. The third kappa shape index (κ3) is 2.41. The Labute approximate surface area is 69.8 Å². The van der Waals surface area contributed by atoms with Gasteiger partial charge in [0.15, 0.2) is 0 Å². The van der Waals surface area contributed by atoms with E-state index < -0.39 is 12.5 Å². The van der Waals surface area contributed by atoms with Crippen molar-refractivity contribution in [1.82, 2.24) is 5.32 Å². The van der Waals surface area contributed by atoms with Crippen molar-refractivity contribution in [2.24, 2.45) is 4.99 Å². The van der Waals surface area contributed by atoms with Crippen molar-refractivity contribution < 1.29 is 13.5 Å². The molecule has 1 rings (SSSR count). The average Bonchev–Trinajstić information content (AvgIpc) is 2.28. The van der Waals surface area contributed by atoms with E-state index in [0.717, 1.165) is 0 Å². The van der Waals surface area contributed by atoms with Crippen molar-refractivity contribution in [3.8, 4) is 0 Å². The van der Waals surface area contributed by atoms with Gasteiger partial charge in [-0.25, -0.2) is 8.78 Å². The maximum absolute atomic E-state index is 12.2. The van der Waals surface area contributed by atoms with Gasteiger partial charge in [0.1, 0.15) is 12.4 Å². The number of halogens is 2. The summed E-state index contributed by atoms with van der Waals surface area (Å²) in [6.07, 6.45) is -2.03. The first-order valence-corrected chi connectivity index (χ1v) is 3.82. The number of ether oxygens (including phenoxy) is 1. The molecule has 1 atom stereocenters. The summed E-state index contributed by atoms with van der Waals surface area (Å²) in [5.41, 5.74) is 0. The Kier molecular flexibility index (Phi) is 3.40. The van der Waals surface area contributed by atoms with Crippen molar-refractivity contribution in [2.45, 2.75) is 18.9 Å². The fourth-order valence-corrected chi connectivity index (χ4v) is 1.03. The SMILES string of the molecule is CN=C1COCCC(C(F)F)N1. The van der Waals surface area contributed by atoms with Gasteiger partial charge in [0.25, 0.3) is 6.43 Å².